The van der Waals surface area contributed by atoms with E-state index in [1.165, 1.54) is 12.8 Å². The molecule has 0 bridgehead atoms. The monoisotopic (exact) mass is 270 g/mol. The predicted molar refractivity (Wildman–Crippen MR) is 79.4 cm³/mol. The van der Waals surface area contributed by atoms with Crippen molar-refractivity contribution in [3.05, 3.63) is 0 Å². The molecule has 0 aromatic rings. The van der Waals surface area contributed by atoms with Crippen LogP contribution in [0.3, 0.4) is 0 Å². The first-order valence-corrected chi connectivity index (χ1v) is 7.55. The third-order valence-corrected chi connectivity index (χ3v) is 4.85. The highest BCUT2D eigenvalue weighted by Crippen LogP contribution is 2.33. The predicted octanol–water partition coefficient (Wildman–Crippen LogP) is 2.87. The molecule has 0 heterocycles. The summed E-state index contributed by atoms with van der Waals surface area (Å²) < 4.78 is 0. The second kappa shape index (κ2) is 6.50. The molecule has 18 heavy (non-hydrogen) atoms. The van der Waals surface area contributed by atoms with Gasteiger partial charge in [0.25, 0.3) is 0 Å². The summed E-state index contributed by atoms with van der Waals surface area (Å²) in [6.45, 7) is 6.81. The van der Waals surface area contributed by atoms with Crippen molar-refractivity contribution in [1.82, 2.24) is 4.90 Å². The van der Waals surface area contributed by atoms with Gasteiger partial charge in [-0.25, -0.2) is 0 Å². The smallest absolute Gasteiger partial charge is 0.235 e. The van der Waals surface area contributed by atoms with E-state index < -0.39 is 5.41 Å². The number of hydrogen-bond acceptors (Lipinski definition) is 2. The SMILES string of the molecule is CCN(C(=O)C(CC)(CC)C(N)=S)C1CCCC1. The first-order chi connectivity index (χ1) is 8.53. The topological polar surface area (TPSA) is 46.3 Å². The lowest BCUT2D eigenvalue weighted by Gasteiger charge is -2.38. The molecule has 1 amide bonds. The Morgan fingerprint density at radius 3 is 2.11 bits per heavy atom. The number of rotatable bonds is 6. The second-order valence-electron chi connectivity index (χ2n) is 5.18. The van der Waals surface area contributed by atoms with Crippen LogP contribution in [0.15, 0.2) is 0 Å². The van der Waals surface area contributed by atoms with Crippen molar-refractivity contribution < 1.29 is 4.79 Å². The van der Waals surface area contributed by atoms with Crippen LogP contribution < -0.4 is 5.73 Å². The van der Waals surface area contributed by atoms with Crippen LogP contribution in [0.5, 0.6) is 0 Å². The van der Waals surface area contributed by atoms with Crippen LogP contribution in [0.2, 0.25) is 0 Å². The fourth-order valence-corrected chi connectivity index (χ4v) is 3.44. The fraction of sp³-hybridized carbons (Fsp3) is 0.857. The molecule has 0 spiro atoms. The van der Waals surface area contributed by atoms with E-state index in [-0.39, 0.29) is 5.91 Å². The molecule has 2 N–H and O–H groups in total. The van der Waals surface area contributed by atoms with Crippen molar-refractivity contribution in [2.75, 3.05) is 6.54 Å². The van der Waals surface area contributed by atoms with E-state index in [0.29, 0.717) is 23.9 Å². The minimum Gasteiger partial charge on any atom is -0.392 e. The minimum atomic E-state index is -0.631. The molecule has 0 unspecified atom stereocenters. The van der Waals surface area contributed by atoms with E-state index in [2.05, 4.69) is 0 Å². The van der Waals surface area contributed by atoms with Gasteiger partial charge in [-0.15, -0.1) is 0 Å². The van der Waals surface area contributed by atoms with Crippen molar-refractivity contribution in [1.29, 1.82) is 0 Å². The highest BCUT2D eigenvalue weighted by atomic mass is 32.1. The van der Waals surface area contributed by atoms with Gasteiger partial charge in [-0.05, 0) is 32.6 Å². The molecule has 104 valence electrons. The van der Waals surface area contributed by atoms with Crippen molar-refractivity contribution in [2.24, 2.45) is 11.1 Å². The molecular weight excluding hydrogens is 244 g/mol. The lowest BCUT2D eigenvalue weighted by molar-refractivity contribution is -0.140. The maximum atomic E-state index is 12.8. The molecule has 0 aromatic carbocycles. The normalized spacial score (nSPS) is 16.8. The standard InChI is InChI=1S/C14H26N2OS/c1-4-14(5-2,12(15)18)13(17)16(6-3)11-9-7-8-10-11/h11H,4-10H2,1-3H3,(H2,15,18). The third-order valence-electron chi connectivity index (χ3n) is 4.46. The van der Waals surface area contributed by atoms with Gasteiger partial charge in [0, 0.05) is 12.6 Å². The van der Waals surface area contributed by atoms with E-state index >= 15 is 0 Å². The molecule has 1 aliphatic rings. The maximum absolute atomic E-state index is 12.8. The Morgan fingerprint density at radius 1 is 1.28 bits per heavy atom. The number of nitrogens with zero attached hydrogens (tertiary/aromatic N) is 1. The molecule has 1 saturated carbocycles. The van der Waals surface area contributed by atoms with Crippen LogP contribution >= 0.6 is 12.2 Å². The van der Waals surface area contributed by atoms with Crippen LogP contribution in [-0.2, 0) is 4.79 Å². The second-order valence-corrected chi connectivity index (χ2v) is 5.62. The van der Waals surface area contributed by atoms with Crippen molar-refractivity contribution in [3.8, 4) is 0 Å². The van der Waals surface area contributed by atoms with Gasteiger partial charge >= 0.3 is 0 Å². The zero-order valence-electron chi connectivity index (χ0n) is 11.9. The van der Waals surface area contributed by atoms with Crippen LogP contribution in [0.25, 0.3) is 0 Å². The Bertz CT molecular complexity index is 307. The molecule has 0 aliphatic heterocycles. The van der Waals surface area contributed by atoms with Gasteiger partial charge in [0.05, 0.1) is 10.4 Å². The van der Waals surface area contributed by atoms with E-state index in [0.717, 1.165) is 19.4 Å². The average molecular weight is 270 g/mol. The average Bonchev–Trinajstić information content (AvgIpc) is 2.85. The Labute approximate surface area is 116 Å². The Hall–Kier alpha value is -0.640. The summed E-state index contributed by atoms with van der Waals surface area (Å²) in [6, 6.07) is 0.398. The Kier molecular flexibility index (Phi) is 5.57. The third kappa shape index (κ3) is 2.68. The first kappa shape index (κ1) is 15.4. The number of hydrogen-bond donors (Lipinski definition) is 1. The van der Waals surface area contributed by atoms with Crippen LogP contribution in [0, 0.1) is 5.41 Å². The molecular formula is C14H26N2OS. The zero-order chi connectivity index (χ0) is 13.8. The molecule has 0 radical (unpaired) electrons. The summed E-state index contributed by atoms with van der Waals surface area (Å²) in [5.74, 6) is 0.148. The molecule has 1 rings (SSSR count). The maximum Gasteiger partial charge on any atom is 0.235 e. The Balaban J connectivity index is 2.96. The lowest BCUT2D eigenvalue weighted by atomic mass is 9.80. The summed E-state index contributed by atoms with van der Waals surface area (Å²) in [4.78, 5) is 15.2. The highest BCUT2D eigenvalue weighted by Gasteiger charge is 2.42. The van der Waals surface area contributed by atoms with Crippen molar-refractivity contribution in [2.45, 2.75) is 65.3 Å². The van der Waals surface area contributed by atoms with E-state index in [9.17, 15) is 4.79 Å². The molecule has 4 heteroatoms. The summed E-state index contributed by atoms with van der Waals surface area (Å²) in [7, 11) is 0. The molecule has 0 aromatic heterocycles. The van der Waals surface area contributed by atoms with Crippen molar-refractivity contribution in [3.63, 3.8) is 0 Å². The quantitative estimate of drug-likeness (QED) is 0.755. The van der Waals surface area contributed by atoms with Crippen molar-refractivity contribution >= 4 is 23.1 Å². The lowest BCUT2D eigenvalue weighted by Crippen LogP contribution is -2.52. The summed E-state index contributed by atoms with van der Waals surface area (Å²) in [5.41, 5.74) is 5.24. The van der Waals surface area contributed by atoms with Gasteiger partial charge in [0.1, 0.15) is 0 Å². The molecule has 1 aliphatic carbocycles. The van der Waals surface area contributed by atoms with Gasteiger partial charge in [0.2, 0.25) is 5.91 Å². The van der Waals surface area contributed by atoms with Gasteiger partial charge in [-0.2, -0.15) is 0 Å². The van der Waals surface area contributed by atoms with Crippen LogP contribution in [0.4, 0.5) is 0 Å². The largest absolute Gasteiger partial charge is 0.392 e. The fourth-order valence-electron chi connectivity index (χ4n) is 3.06. The molecule has 3 nitrogen and oxygen atoms in total. The molecule has 0 atom stereocenters. The first-order valence-electron chi connectivity index (χ1n) is 7.14. The van der Waals surface area contributed by atoms with Crippen LogP contribution in [-0.4, -0.2) is 28.4 Å². The van der Waals surface area contributed by atoms with Gasteiger partial charge in [-0.3, -0.25) is 4.79 Å². The minimum absolute atomic E-state index is 0.148. The Morgan fingerprint density at radius 2 is 1.78 bits per heavy atom. The number of carbonyl (C=O) groups excluding carboxylic acids is 1. The molecule has 0 saturated heterocycles. The highest BCUT2D eigenvalue weighted by molar-refractivity contribution is 7.80. The van der Waals surface area contributed by atoms with Gasteiger partial charge in [-0.1, -0.05) is 38.9 Å². The van der Waals surface area contributed by atoms with E-state index in [1.807, 2.05) is 25.7 Å². The number of thiocarbonyl (C=S) groups is 1. The molecule has 1 fully saturated rings. The van der Waals surface area contributed by atoms with Gasteiger partial charge in [0.15, 0.2) is 0 Å². The summed E-state index contributed by atoms with van der Waals surface area (Å²) in [5, 5.41) is 0. The number of nitrogens with two attached hydrogens (primary N) is 1. The van der Waals surface area contributed by atoms with Gasteiger partial charge < -0.3 is 10.6 Å². The van der Waals surface area contributed by atoms with E-state index in [1.54, 1.807) is 0 Å². The number of amides is 1. The zero-order valence-corrected chi connectivity index (χ0v) is 12.7. The number of carbonyl (C=O) groups is 1. The van der Waals surface area contributed by atoms with Crippen LogP contribution in [0.1, 0.15) is 59.3 Å². The van der Waals surface area contributed by atoms with E-state index in [4.69, 9.17) is 18.0 Å². The summed E-state index contributed by atoms with van der Waals surface area (Å²) >= 11 is 5.18. The summed E-state index contributed by atoms with van der Waals surface area (Å²) in [6.07, 6.45) is 6.10.